The number of carbonyl (C=O) groups is 3. The standard InChI is InChI=1S/C42H46ClN7O5/c1-7-36(31-9-8-10-32(43)25-31)46(2)42(53)50-39(41(52)47(3)38-20-22-45-48(38)4)35(40(50)51)23-30-19-21-44-37(24-30)49(26-28-11-15-33(54-5)16-12-28)27-29-13-17-34(55-6)18-14-29/h8-22,24-25,35-36,39H,7,23,26-27H2,1-6H3/t35-,36?,39+/m1/s1. The summed E-state index contributed by atoms with van der Waals surface area (Å²) in [5.41, 5.74) is 3.76. The van der Waals surface area contributed by atoms with Gasteiger partial charge >= 0.3 is 6.03 Å². The minimum atomic E-state index is -1.05. The molecule has 3 atom stereocenters. The van der Waals surface area contributed by atoms with Crippen LogP contribution >= 0.6 is 11.6 Å². The Labute approximate surface area is 326 Å². The van der Waals surface area contributed by atoms with Crippen molar-refractivity contribution in [3.8, 4) is 11.5 Å². The second-order valence-electron chi connectivity index (χ2n) is 13.6. The molecule has 1 aliphatic heterocycles. The number of anilines is 2. The lowest BCUT2D eigenvalue weighted by molar-refractivity contribution is -0.157. The SMILES string of the molecule is CCC(c1cccc(Cl)c1)N(C)C(=O)N1C(=O)[C@H](Cc2ccnc(N(Cc3ccc(OC)cc3)Cc3ccc(OC)cc3)c2)[C@H]1C(=O)N(C)c1ccnn1C. The number of rotatable bonds is 14. The van der Waals surface area contributed by atoms with Crippen molar-refractivity contribution < 1.29 is 23.9 Å². The second-order valence-corrected chi connectivity index (χ2v) is 14.1. The summed E-state index contributed by atoms with van der Waals surface area (Å²) in [6.45, 7) is 3.05. The van der Waals surface area contributed by atoms with E-state index in [9.17, 15) is 14.4 Å². The van der Waals surface area contributed by atoms with Gasteiger partial charge in [-0.05, 0) is 83.6 Å². The number of ether oxygens (including phenoxy) is 2. The van der Waals surface area contributed by atoms with Gasteiger partial charge in [0, 0.05) is 51.5 Å². The summed E-state index contributed by atoms with van der Waals surface area (Å²) in [7, 11) is 8.29. The molecule has 3 aromatic carbocycles. The predicted molar refractivity (Wildman–Crippen MR) is 212 cm³/mol. The fraction of sp³-hybridized carbons (Fsp3) is 0.310. The van der Waals surface area contributed by atoms with Crippen molar-refractivity contribution in [3.05, 3.63) is 131 Å². The van der Waals surface area contributed by atoms with E-state index in [-0.39, 0.29) is 18.4 Å². The van der Waals surface area contributed by atoms with E-state index in [0.717, 1.165) is 38.7 Å². The van der Waals surface area contributed by atoms with Crippen LogP contribution in [-0.4, -0.2) is 76.8 Å². The van der Waals surface area contributed by atoms with Gasteiger partial charge in [-0.3, -0.25) is 24.1 Å². The van der Waals surface area contributed by atoms with E-state index in [1.54, 1.807) is 64.6 Å². The molecule has 0 saturated carbocycles. The Morgan fingerprint density at radius 1 is 0.855 bits per heavy atom. The number of pyridine rings is 1. The van der Waals surface area contributed by atoms with E-state index in [2.05, 4.69) is 10.00 Å². The van der Waals surface area contributed by atoms with Crippen LogP contribution in [0.15, 0.2) is 103 Å². The Balaban J connectivity index is 1.30. The van der Waals surface area contributed by atoms with Crippen LogP contribution in [0.4, 0.5) is 16.4 Å². The van der Waals surface area contributed by atoms with Crippen molar-refractivity contribution in [3.63, 3.8) is 0 Å². The van der Waals surface area contributed by atoms with Gasteiger partial charge in [-0.1, -0.05) is 54.9 Å². The molecule has 1 fully saturated rings. The van der Waals surface area contributed by atoms with Gasteiger partial charge in [-0.2, -0.15) is 5.10 Å². The largest absolute Gasteiger partial charge is 0.497 e. The Morgan fingerprint density at radius 2 is 1.49 bits per heavy atom. The normalized spacial score (nSPS) is 15.5. The highest BCUT2D eigenvalue weighted by Gasteiger charge is 2.56. The number of amides is 4. The molecule has 1 unspecified atom stereocenters. The number of aromatic nitrogens is 3. The van der Waals surface area contributed by atoms with Crippen molar-refractivity contribution in [2.45, 2.75) is 44.9 Å². The number of aryl methyl sites for hydroxylation is 1. The number of halogens is 1. The van der Waals surface area contributed by atoms with E-state index in [1.165, 1.54) is 9.80 Å². The average Bonchev–Trinajstić information content (AvgIpc) is 3.64. The molecule has 0 radical (unpaired) electrons. The predicted octanol–water partition coefficient (Wildman–Crippen LogP) is 6.93. The molecule has 0 aliphatic carbocycles. The molecular weight excluding hydrogens is 718 g/mol. The fourth-order valence-corrected chi connectivity index (χ4v) is 7.33. The van der Waals surface area contributed by atoms with Crippen LogP contribution in [0.1, 0.15) is 41.6 Å². The summed E-state index contributed by atoms with van der Waals surface area (Å²) in [6, 6.07) is 26.6. The molecule has 13 heteroatoms. The number of likely N-dealkylation sites (tertiary alicyclic amines) is 1. The first-order valence-corrected chi connectivity index (χ1v) is 18.5. The van der Waals surface area contributed by atoms with Gasteiger partial charge in [0.25, 0.3) is 5.91 Å². The topological polar surface area (TPSA) is 113 Å². The Kier molecular flexibility index (Phi) is 12.1. The molecule has 286 valence electrons. The lowest BCUT2D eigenvalue weighted by Crippen LogP contribution is -2.70. The van der Waals surface area contributed by atoms with E-state index in [0.29, 0.717) is 36.2 Å². The Hall–Kier alpha value is -5.88. The molecule has 5 aromatic rings. The number of imide groups is 1. The highest BCUT2D eigenvalue weighted by molar-refractivity contribution is 6.30. The maximum Gasteiger partial charge on any atom is 0.327 e. The highest BCUT2D eigenvalue weighted by atomic mass is 35.5. The van der Waals surface area contributed by atoms with Crippen molar-refractivity contribution >= 4 is 41.1 Å². The monoisotopic (exact) mass is 763 g/mol. The third kappa shape index (κ3) is 8.44. The van der Waals surface area contributed by atoms with Crippen LogP contribution in [0.25, 0.3) is 0 Å². The van der Waals surface area contributed by atoms with Gasteiger partial charge in [0.2, 0.25) is 5.91 Å². The number of hydrogen-bond acceptors (Lipinski definition) is 8. The van der Waals surface area contributed by atoms with Crippen molar-refractivity contribution in [2.24, 2.45) is 13.0 Å². The zero-order valence-electron chi connectivity index (χ0n) is 31.9. The van der Waals surface area contributed by atoms with Crippen molar-refractivity contribution in [1.29, 1.82) is 0 Å². The Bertz CT molecular complexity index is 2070. The van der Waals surface area contributed by atoms with Gasteiger partial charge in [-0.15, -0.1) is 0 Å². The number of nitrogens with zero attached hydrogens (tertiary/aromatic N) is 7. The minimum Gasteiger partial charge on any atom is -0.497 e. The lowest BCUT2D eigenvalue weighted by atomic mass is 9.81. The minimum absolute atomic E-state index is 0.224. The first kappa shape index (κ1) is 38.8. The number of urea groups is 1. The molecule has 0 spiro atoms. The first-order chi connectivity index (χ1) is 26.5. The average molecular weight is 764 g/mol. The van der Waals surface area contributed by atoms with Crippen LogP contribution in [0.5, 0.6) is 11.5 Å². The molecule has 2 aromatic heterocycles. The molecule has 1 saturated heterocycles. The van der Waals surface area contributed by atoms with Gasteiger partial charge in [0.15, 0.2) is 0 Å². The Morgan fingerprint density at radius 3 is 2.04 bits per heavy atom. The lowest BCUT2D eigenvalue weighted by Gasteiger charge is -2.47. The van der Waals surface area contributed by atoms with Gasteiger partial charge < -0.3 is 19.3 Å². The summed E-state index contributed by atoms with van der Waals surface area (Å²) < 4.78 is 12.3. The quantitative estimate of drug-likeness (QED) is 0.112. The maximum absolute atomic E-state index is 14.4. The molecule has 4 amide bonds. The van der Waals surface area contributed by atoms with Crippen LogP contribution in [-0.2, 0) is 36.1 Å². The third-order valence-corrected chi connectivity index (χ3v) is 10.4. The smallest absolute Gasteiger partial charge is 0.327 e. The van der Waals surface area contributed by atoms with Gasteiger partial charge in [-0.25, -0.2) is 9.78 Å². The number of carbonyl (C=O) groups excluding carboxylic acids is 3. The fourth-order valence-electron chi connectivity index (χ4n) is 7.14. The summed E-state index contributed by atoms with van der Waals surface area (Å²) in [4.78, 5) is 53.7. The summed E-state index contributed by atoms with van der Waals surface area (Å²) in [6.07, 6.45) is 4.11. The molecule has 1 aliphatic rings. The molecule has 55 heavy (non-hydrogen) atoms. The van der Waals surface area contributed by atoms with Crippen LogP contribution in [0, 0.1) is 5.92 Å². The number of likely N-dealkylation sites (N-methyl/N-ethyl adjacent to an activating group) is 1. The van der Waals surface area contributed by atoms with Crippen LogP contribution in [0.2, 0.25) is 5.02 Å². The van der Waals surface area contributed by atoms with Crippen molar-refractivity contribution in [1.82, 2.24) is 24.6 Å². The number of β-lactam (4-membered cyclic amide) rings is 1. The van der Waals surface area contributed by atoms with E-state index in [1.807, 2.05) is 85.8 Å². The van der Waals surface area contributed by atoms with Crippen molar-refractivity contribution in [2.75, 3.05) is 38.1 Å². The number of hydrogen-bond donors (Lipinski definition) is 0. The van der Waals surface area contributed by atoms with E-state index in [4.69, 9.17) is 26.1 Å². The van der Waals surface area contributed by atoms with E-state index >= 15 is 0 Å². The summed E-state index contributed by atoms with van der Waals surface area (Å²) in [5.74, 6) is 1.17. The maximum atomic E-state index is 14.4. The zero-order valence-corrected chi connectivity index (χ0v) is 32.7. The van der Waals surface area contributed by atoms with Gasteiger partial charge in [0.05, 0.1) is 32.4 Å². The first-order valence-electron chi connectivity index (χ1n) is 18.1. The molecule has 0 bridgehead atoms. The van der Waals surface area contributed by atoms with E-state index < -0.39 is 23.9 Å². The molecule has 3 heterocycles. The van der Waals surface area contributed by atoms with Gasteiger partial charge in [0.1, 0.15) is 29.2 Å². The molecule has 0 N–H and O–H groups in total. The summed E-state index contributed by atoms with van der Waals surface area (Å²) >= 11 is 6.30. The number of methoxy groups -OCH3 is 2. The molecule has 12 nitrogen and oxygen atoms in total. The zero-order chi connectivity index (χ0) is 39.2. The second kappa shape index (κ2) is 17.1. The molecule has 6 rings (SSSR count). The molecular formula is C42H46ClN7O5. The summed E-state index contributed by atoms with van der Waals surface area (Å²) in [5, 5.41) is 4.77. The number of benzene rings is 3. The highest BCUT2D eigenvalue weighted by Crippen LogP contribution is 2.36. The third-order valence-electron chi connectivity index (χ3n) is 10.2. The van der Waals surface area contributed by atoms with Crippen LogP contribution in [0.3, 0.4) is 0 Å². The van der Waals surface area contributed by atoms with Crippen LogP contribution < -0.4 is 19.3 Å².